The van der Waals surface area contributed by atoms with Crippen LogP contribution in [-0.2, 0) is 6.42 Å². The summed E-state index contributed by atoms with van der Waals surface area (Å²) in [5.74, 6) is -0.309. The molecule has 6 nitrogen and oxygen atoms in total. The lowest BCUT2D eigenvalue weighted by Gasteiger charge is -2.13. The number of nitrogens with one attached hydrogen (secondary N) is 1. The van der Waals surface area contributed by atoms with Crippen LogP contribution in [0.4, 0.5) is 0 Å². The van der Waals surface area contributed by atoms with Gasteiger partial charge in [-0.2, -0.15) is 0 Å². The van der Waals surface area contributed by atoms with E-state index in [4.69, 9.17) is 4.74 Å². The van der Waals surface area contributed by atoms with Crippen molar-refractivity contribution < 1.29 is 19.7 Å². The fraction of sp³-hybridized carbons (Fsp3) is 0.143. The first-order chi connectivity index (χ1) is 16.6. The Bertz CT molecular complexity index is 1210. The molecule has 3 aromatic carbocycles. The molecular formula is C28H26N2O4. The average Bonchev–Trinajstić information content (AvgIpc) is 2.88. The third-order valence-electron chi connectivity index (χ3n) is 5.47. The minimum absolute atomic E-state index is 0.0907. The van der Waals surface area contributed by atoms with Crippen molar-refractivity contribution in [2.45, 2.75) is 12.5 Å². The van der Waals surface area contributed by atoms with E-state index in [9.17, 15) is 15.0 Å². The van der Waals surface area contributed by atoms with Gasteiger partial charge in [0.15, 0.2) is 0 Å². The Hall–Kier alpha value is -4.00. The van der Waals surface area contributed by atoms with Gasteiger partial charge in [-0.05, 0) is 59.5 Å². The molecule has 4 aromatic rings. The quantitative estimate of drug-likeness (QED) is 0.289. The van der Waals surface area contributed by atoms with Crippen LogP contribution in [0.3, 0.4) is 0 Å². The predicted molar refractivity (Wildman–Crippen MR) is 131 cm³/mol. The SMILES string of the molecule is O=C(O)c1ccc(-c2ccc(CCNC[C@H](O)c3ccccc3)cc2)cc1Oc1cccnc1. The molecule has 4 rings (SSSR count). The van der Waals surface area contributed by atoms with Crippen LogP contribution >= 0.6 is 0 Å². The first-order valence-corrected chi connectivity index (χ1v) is 11.1. The normalized spacial score (nSPS) is 11.7. The fourth-order valence-electron chi connectivity index (χ4n) is 3.63. The third-order valence-corrected chi connectivity index (χ3v) is 5.47. The van der Waals surface area contributed by atoms with Crippen LogP contribution in [0.2, 0.25) is 0 Å². The van der Waals surface area contributed by atoms with Crippen molar-refractivity contribution in [1.82, 2.24) is 10.3 Å². The largest absolute Gasteiger partial charge is 0.478 e. The average molecular weight is 455 g/mol. The second kappa shape index (κ2) is 11.2. The van der Waals surface area contributed by atoms with Crippen molar-refractivity contribution in [3.05, 3.63) is 114 Å². The van der Waals surface area contributed by atoms with Crippen LogP contribution in [-0.4, -0.2) is 34.3 Å². The maximum atomic E-state index is 11.6. The maximum Gasteiger partial charge on any atom is 0.339 e. The van der Waals surface area contributed by atoms with Crippen LogP contribution in [0.25, 0.3) is 11.1 Å². The number of carbonyl (C=O) groups is 1. The highest BCUT2D eigenvalue weighted by molar-refractivity contribution is 5.92. The summed E-state index contributed by atoms with van der Waals surface area (Å²) in [6.45, 7) is 1.25. The molecule has 0 spiro atoms. The Morgan fingerprint density at radius 2 is 1.71 bits per heavy atom. The van der Waals surface area contributed by atoms with Gasteiger partial charge >= 0.3 is 5.97 Å². The lowest BCUT2D eigenvalue weighted by atomic mass is 10.0. The van der Waals surface area contributed by atoms with Crippen LogP contribution in [0.1, 0.15) is 27.6 Å². The monoisotopic (exact) mass is 454 g/mol. The number of carboxylic acid groups (broad SMARTS) is 1. The van der Waals surface area contributed by atoms with Crippen LogP contribution in [0.15, 0.2) is 97.3 Å². The number of nitrogens with zero attached hydrogens (tertiary/aromatic N) is 1. The molecule has 3 N–H and O–H groups in total. The maximum absolute atomic E-state index is 11.6. The van der Waals surface area contributed by atoms with Gasteiger partial charge in [-0.3, -0.25) is 4.98 Å². The molecule has 0 aliphatic heterocycles. The van der Waals surface area contributed by atoms with E-state index >= 15 is 0 Å². The zero-order valence-electron chi connectivity index (χ0n) is 18.6. The molecule has 172 valence electrons. The van der Waals surface area contributed by atoms with Crippen molar-refractivity contribution in [2.24, 2.45) is 0 Å². The molecule has 1 heterocycles. The summed E-state index contributed by atoms with van der Waals surface area (Å²) < 4.78 is 5.80. The molecule has 0 aliphatic carbocycles. The number of hydrogen-bond donors (Lipinski definition) is 3. The summed E-state index contributed by atoms with van der Waals surface area (Å²) in [4.78, 5) is 15.6. The van der Waals surface area contributed by atoms with Crippen molar-refractivity contribution in [3.63, 3.8) is 0 Å². The predicted octanol–water partition coefficient (Wildman–Crippen LogP) is 5.10. The third kappa shape index (κ3) is 6.07. The summed E-state index contributed by atoms with van der Waals surface area (Å²) in [5, 5.41) is 23.1. The molecule has 34 heavy (non-hydrogen) atoms. The lowest BCUT2D eigenvalue weighted by molar-refractivity contribution is 0.0694. The smallest absolute Gasteiger partial charge is 0.339 e. The highest BCUT2D eigenvalue weighted by Crippen LogP contribution is 2.31. The molecule has 1 aromatic heterocycles. The van der Waals surface area contributed by atoms with Gasteiger partial charge in [0.25, 0.3) is 0 Å². The number of benzene rings is 3. The molecule has 0 unspecified atom stereocenters. The Balaban J connectivity index is 1.38. The van der Waals surface area contributed by atoms with Crippen LogP contribution in [0.5, 0.6) is 11.5 Å². The molecular weight excluding hydrogens is 428 g/mol. The van der Waals surface area contributed by atoms with Gasteiger partial charge in [0.2, 0.25) is 0 Å². The van der Waals surface area contributed by atoms with Gasteiger partial charge in [0.1, 0.15) is 17.1 Å². The van der Waals surface area contributed by atoms with E-state index in [2.05, 4.69) is 22.4 Å². The second-order valence-corrected chi connectivity index (χ2v) is 7.88. The van der Waals surface area contributed by atoms with Crippen molar-refractivity contribution in [1.29, 1.82) is 0 Å². The molecule has 0 aliphatic rings. The molecule has 0 saturated heterocycles. The number of aliphatic hydroxyl groups excluding tert-OH is 1. The number of aromatic carboxylic acids is 1. The van der Waals surface area contributed by atoms with E-state index in [1.807, 2.05) is 42.5 Å². The Morgan fingerprint density at radius 1 is 0.941 bits per heavy atom. The molecule has 0 bridgehead atoms. The zero-order valence-corrected chi connectivity index (χ0v) is 18.6. The number of pyridine rings is 1. The minimum Gasteiger partial charge on any atom is -0.478 e. The summed E-state index contributed by atoms with van der Waals surface area (Å²) in [6, 6.07) is 26.3. The minimum atomic E-state index is -1.05. The molecule has 0 fully saturated rings. The van der Waals surface area contributed by atoms with E-state index in [1.54, 1.807) is 42.7 Å². The Morgan fingerprint density at radius 3 is 2.41 bits per heavy atom. The van der Waals surface area contributed by atoms with Gasteiger partial charge in [0.05, 0.1) is 12.3 Å². The summed E-state index contributed by atoms with van der Waals surface area (Å²) in [5.41, 5.74) is 3.98. The van der Waals surface area contributed by atoms with E-state index in [1.165, 1.54) is 5.56 Å². The number of hydrogen-bond acceptors (Lipinski definition) is 5. The van der Waals surface area contributed by atoms with Gasteiger partial charge in [-0.15, -0.1) is 0 Å². The molecule has 0 saturated carbocycles. The number of aromatic nitrogens is 1. The second-order valence-electron chi connectivity index (χ2n) is 7.88. The highest BCUT2D eigenvalue weighted by atomic mass is 16.5. The van der Waals surface area contributed by atoms with Gasteiger partial charge in [0, 0.05) is 12.7 Å². The van der Waals surface area contributed by atoms with Gasteiger partial charge in [-0.1, -0.05) is 60.7 Å². The van der Waals surface area contributed by atoms with E-state index in [0.717, 1.165) is 29.7 Å². The van der Waals surface area contributed by atoms with Crippen molar-refractivity contribution >= 4 is 5.97 Å². The van der Waals surface area contributed by atoms with Gasteiger partial charge in [-0.25, -0.2) is 4.79 Å². The van der Waals surface area contributed by atoms with E-state index in [-0.39, 0.29) is 11.3 Å². The van der Waals surface area contributed by atoms with E-state index in [0.29, 0.717) is 12.3 Å². The number of carboxylic acids is 1. The van der Waals surface area contributed by atoms with Crippen molar-refractivity contribution in [3.8, 4) is 22.6 Å². The van der Waals surface area contributed by atoms with E-state index < -0.39 is 12.1 Å². The topological polar surface area (TPSA) is 91.7 Å². The standard InChI is InChI=1S/C28H26N2O4/c31-26(22-5-2-1-3-6-22)19-30-16-14-20-8-10-21(11-9-20)23-12-13-25(28(32)33)27(17-23)34-24-7-4-15-29-18-24/h1-13,15,17-18,26,30-31H,14,16,19H2,(H,32,33)/t26-/m0/s1. The highest BCUT2D eigenvalue weighted by Gasteiger charge is 2.14. The summed E-state index contributed by atoms with van der Waals surface area (Å²) in [7, 11) is 0. The zero-order chi connectivity index (χ0) is 23.8. The number of ether oxygens (including phenoxy) is 1. The molecule has 0 amide bonds. The first-order valence-electron chi connectivity index (χ1n) is 11.1. The van der Waals surface area contributed by atoms with Crippen LogP contribution < -0.4 is 10.1 Å². The van der Waals surface area contributed by atoms with Crippen molar-refractivity contribution in [2.75, 3.05) is 13.1 Å². The fourth-order valence-corrected chi connectivity index (χ4v) is 3.63. The lowest BCUT2D eigenvalue weighted by Crippen LogP contribution is -2.23. The Labute approximate surface area is 198 Å². The van der Waals surface area contributed by atoms with Crippen LogP contribution in [0, 0.1) is 0 Å². The molecule has 6 heteroatoms. The first kappa shape index (κ1) is 23.2. The number of rotatable bonds is 10. The summed E-state index contributed by atoms with van der Waals surface area (Å²) in [6.07, 6.45) is 3.47. The van der Waals surface area contributed by atoms with Gasteiger partial charge < -0.3 is 20.3 Å². The molecule has 1 atom stereocenters. The number of aliphatic hydroxyl groups is 1. The Kier molecular flexibility index (Phi) is 7.65. The summed E-state index contributed by atoms with van der Waals surface area (Å²) >= 11 is 0. The molecule has 0 radical (unpaired) electrons.